The number of nitrogens with zero attached hydrogens (tertiary/aromatic N) is 1. The maximum absolute atomic E-state index is 13.3. The van der Waals surface area contributed by atoms with Crippen LogP contribution in [0.1, 0.15) is 77.1 Å². The highest BCUT2D eigenvalue weighted by atomic mass is 16.6. The number of nitrogens with two attached hydrogens (primary N) is 2. The third-order valence-electron chi connectivity index (χ3n) is 6.98. The average Bonchev–Trinajstić information content (AvgIpc) is 3.03. The van der Waals surface area contributed by atoms with Gasteiger partial charge in [-0.05, 0) is 70.2 Å². The van der Waals surface area contributed by atoms with Crippen molar-refractivity contribution in [1.82, 2.24) is 21.3 Å². The number of hydrogen-bond acceptors (Lipinski definition) is 10. The summed E-state index contributed by atoms with van der Waals surface area (Å²) in [5.41, 5.74) is 10.2. The van der Waals surface area contributed by atoms with Crippen LogP contribution in [-0.2, 0) is 28.7 Å². The summed E-state index contributed by atoms with van der Waals surface area (Å²) in [6, 6.07) is 3.14. The fraction of sp³-hybridized carbons (Fsp3) is 0.594. The van der Waals surface area contributed by atoms with Gasteiger partial charge in [-0.2, -0.15) is 0 Å². The number of carbonyl (C=O) groups is 6. The maximum atomic E-state index is 13.3. The molecule has 49 heavy (non-hydrogen) atoms. The van der Waals surface area contributed by atoms with Crippen LogP contribution in [0.15, 0.2) is 29.3 Å². The van der Waals surface area contributed by atoms with Gasteiger partial charge in [0.1, 0.15) is 30.0 Å². The Kier molecular flexibility index (Phi) is 18.0. The number of alkyl carbamates (subject to hydrolysis) is 1. The lowest BCUT2D eigenvalue weighted by Crippen LogP contribution is -2.56. The highest BCUT2D eigenvalue weighted by Crippen LogP contribution is 2.14. The number of methoxy groups -OCH3 is 1. The number of amides is 4. The van der Waals surface area contributed by atoms with Crippen molar-refractivity contribution in [2.45, 2.75) is 90.4 Å². The van der Waals surface area contributed by atoms with Crippen LogP contribution in [0.2, 0.25) is 0 Å². The van der Waals surface area contributed by atoms with Gasteiger partial charge in [0.05, 0.1) is 25.3 Å². The number of esters is 1. The topological polar surface area (TPSA) is 263 Å². The summed E-state index contributed by atoms with van der Waals surface area (Å²) < 4.78 is 15.8. The highest BCUT2D eigenvalue weighted by molar-refractivity contribution is 5.93. The Morgan fingerprint density at radius 2 is 1.61 bits per heavy atom. The van der Waals surface area contributed by atoms with E-state index >= 15 is 0 Å². The van der Waals surface area contributed by atoms with Crippen molar-refractivity contribution in [3.63, 3.8) is 0 Å². The molecule has 0 saturated carbocycles. The Morgan fingerprint density at radius 1 is 0.959 bits per heavy atom. The largest absolute Gasteiger partial charge is 0.497 e. The van der Waals surface area contributed by atoms with Gasteiger partial charge in [-0.15, -0.1) is 0 Å². The Balaban J connectivity index is 2.95. The zero-order valence-electron chi connectivity index (χ0n) is 29.0. The van der Waals surface area contributed by atoms with Crippen molar-refractivity contribution in [3.8, 4) is 5.75 Å². The van der Waals surface area contributed by atoms with Crippen LogP contribution < -0.4 is 37.5 Å². The van der Waals surface area contributed by atoms with Crippen molar-refractivity contribution in [2.24, 2.45) is 22.4 Å². The molecule has 0 heterocycles. The quantitative estimate of drug-likeness (QED) is 0.0433. The van der Waals surface area contributed by atoms with Crippen LogP contribution in [-0.4, -0.2) is 97.4 Å². The summed E-state index contributed by atoms with van der Waals surface area (Å²) in [5, 5.41) is 19.3. The molecule has 1 aromatic rings. The molecule has 0 aromatic heterocycles. The number of rotatable bonds is 20. The fourth-order valence-corrected chi connectivity index (χ4v) is 4.23. The minimum atomic E-state index is -1.34. The molecule has 0 spiro atoms. The number of benzene rings is 1. The molecule has 0 bridgehead atoms. The zero-order valence-corrected chi connectivity index (χ0v) is 29.0. The summed E-state index contributed by atoms with van der Waals surface area (Å²) in [7, 11) is 1.49. The molecular formula is C32H51N7O10. The Labute approximate surface area is 286 Å². The van der Waals surface area contributed by atoms with Gasteiger partial charge in [0.15, 0.2) is 5.96 Å². The van der Waals surface area contributed by atoms with Crippen molar-refractivity contribution < 1.29 is 48.1 Å². The van der Waals surface area contributed by atoms with Crippen LogP contribution in [0.25, 0.3) is 0 Å². The Bertz CT molecular complexity index is 1290. The van der Waals surface area contributed by atoms with Crippen LogP contribution in [0, 0.1) is 5.92 Å². The molecule has 0 saturated heterocycles. The predicted octanol–water partition coefficient (Wildman–Crippen LogP) is 0.796. The van der Waals surface area contributed by atoms with Crippen LogP contribution >= 0.6 is 0 Å². The van der Waals surface area contributed by atoms with Gasteiger partial charge in [-0.25, -0.2) is 9.59 Å². The third-order valence-corrected chi connectivity index (χ3v) is 6.98. The normalized spacial score (nSPS) is 13.3. The fourth-order valence-electron chi connectivity index (χ4n) is 4.23. The van der Waals surface area contributed by atoms with Gasteiger partial charge in [-0.3, -0.25) is 24.2 Å². The van der Waals surface area contributed by atoms with E-state index in [1.807, 2.05) is 6.92 Å². The second-order valence-corrected chi connectivity index (χ2v) is 12.3. The predicted molar refractivity (Wildman–Crippen MR) is 180 cm³/mol. The molecule has 1 aromatic carbocycles. The molecule has 274 valence electrons. The van der Waals surface area contributed by atoms with Crippen molar-refractivity contribution in [1.29, 1.82) is 0 Å². The minimum Gasteiger partial charge on any atom is -0.497 e. The van der Waals surface area contributed by atoms with Crippen LogP contribution in [0.5, 0.6) is 5.75 Å². The number of guanidine groups is 1. The number of carboxylic acid groups (broad SMARTS) is 1. The van der Waals surface area contributed by atoms with E-state index in [-0.39, 0.29) is 37.0 Å². The lowest BCUT2D eigenvalue weighted by atomic mass is 9.97. The summed E-state index contributed by atoms with van der Waals surface area (Å²) >= 11 is 0. The van der Waals surface area contributed by atoms with E-state index in [9.17, 15) is 33.9 Å². The van der Waals surface area contributed by atoms with Gasteiger partial charge >= 0.3 is 18.0 Å². The van der Waals surface area contributed by atoms with E-state index in [0.717, 1.165) is 0 Å². The second kappa shape index (κ2) is 21.0. The number of carbonyl (C=O) groups excluding carboxylic acids is 5. The van der Waals surface area contributed by atoms with E-state index in [1.54, 1.807) is 39.8 Å². The molecule has 4 amide bonds. The zero-order chi connectivity index (χ0) is 37.1. The number of nitrogens with one attached hydrogen (secondary N) is 4. The SMILES string of the molecule is CC[C@H](C)[C@H](NC(=O)OC(C)(C)C)C(=O)N[C@@H](CCC(=O)O)C(=O)NCC(=O)N[C@@H](CCCN=C(N)N)COC(=O)c1ccc(OC)cc1. The number of ether oxygens (including phenoxy) is 3. The van der Waals surface area contributed by atoms with Gasteiger partial charge in [-0.1, -0.05) is 20.3 Å². The molecule has 9 N–H and O–H groups in total. The molecule has 4 atom stereocenters. The van der Waals surface area contributed by atoms with Crippen molar-refractivity contribution in [2.75, 3.05) is 26.8 Å². The van der Waals surface area contributed by atoms with Gasteiger partial charge in [0, 0.05) is 13.0 Å². The molecule has 0 unspecified atom stereocenters. The van der Waals surface area contributed by atoms with Gasteiger partial charge in [0.25, 0.3) is 0 Å². The summed E-state index contributed by atoms with van der Waals surface area (Å²) in [4.78, 5) is 79.4. The molecule has 17 nitrogen and oxygen atoms in total. The first-order valence-electron chi connectivity index (χ1n) is 15.9. The summed E-state index contributed by atoms with van der Waals surface area (Å²) in [6.07, 6.45) is -0.363. The van der Waals surface area contributed by atoms with Gasteiger partial charge < -0.3 is 52.1 Å². The van der Waals surface area contributed by atoms with E-state index in [4.69, 9.17) is 25.7 Å². The minimum absolute atomic E-state index is 0.102. The van der Waals surface area contributed by atoms with Gasteiger partial charge in [0.2, 0.25) is 17.7 Å². The first-order valence-corrected chi connectivity index (χ1v) is 15.9. The van der Waals surface area contributed by atoms with Crippen LogP contribution in [0.3, 0.4) is 0 Å². The van der Waals surface area contributed by atoms with E-state index in [1.165, 1.54) is 19.2 Å². The number of carboxylic acids is 1. The van der Waals surface area contributed by atoms with E-state index in [2.05, 4.69) is 26.3 Å². The molecule has 0 aliphatic heterocycles. The molecule has 1 rings (SSSR count). The first-order chi connectivity index (χ1) is 22.9. The van der Waals surface area contributed by atoms with Crippen molar-refractivity contribution in [3.05, 3.63) is 29.8 Å². The molecule has 0 aliphatic rings. The van der Waals surface area contributed by atoms with E-state index < -0.39 is 72.4 Å². The monoisotopic (exact) mass is 693 g/mol. The average molecular weight is 694 g/mol. The third kappa shape index (κ3) is 17.6. The molecule has 0 aliphatic carbocycles. The molecular weight excluding hydrogens is 642 g/mol. The Morgan fingerprint density at radius 3 is 2.16 bits per heavy atom. The lowest BCUT2D eigenvalue weighted by Gasteiger charge is -2.28. The maximum Gasteiger partial charge on any atom is 0.408 e. The smallest absolute Gasteiger partial charge is 0.408 e. The standard InChI is InChI=1S/C32H51N7O10/c1-7-19(2)26(39-31(46)49-32(3,4)5)28(44)38-23(14-15-25(41)42)27(43)36-17-24(40)37-21(9-8-16-35-30(33)34)18-48-29(45)20-10-12-22(47-6)13-11-20/h10-13,19,21,23,26H,7-9,14-18H2,1-6H3,(H,36,43)(H,37,40)(H,38,44)(H,39,46)(H,41,42)(H4,33,34,35)/t19-,21-,23-,26-/m0/s1. The lowest BCUT2D eigenvalue weighted by molar-refractivity contribution is -0.138. The van der Waals surface area contributed by atoms with Crippen molar-refractivity contribution >= 4 is 41.7 Å². The summed E-state index contributed by atoms with van der Waals surface area (Å²) in [5.74, 6) is -3.95. The number of aliphatic carboxylic acids is 1. The number of hydrogen-bond donors (Lipinski definition) is 7. The Hall–Kier alpha value is -5.09. The molecule has 0 radical (unpaired) electrons. The molecule has 17 heteroatoms. The summed E-state index contributed by atoms with van der Waals surface area (Å²) in [6.45, 7) is 8.03. The number of aliphatic imine (C=N–C) groups is 1. The van der Waals surface area contributed by atoms with Crippen LogP contribution in [0.4, 0.5) is 4.79 Å². The first kappa shape index (κ1) is 41.9. The second-order valence-electron chi connectivity index (χ2n) is 12.3. The highest BCUT2D eigenvalue weighted by Gasteiger charge is 2.32. The molecule has 0 fully saturated rings. The van der Waals surface area contributed by atoms with E-state index in [0.29, 0.717) is 25.0 Å².